The Kier molecular flexibility index (Phi) is 8.81. The summed E-state index contributed by atoms with van der Waals surface area (Å²) in [5, 5.41) is 0. The summed E-state index contributed by atoms with van der Waals surface area (Å²) in [6.45, 7) is 3.84. The third-order valence-electron chi connectivity index (χ3n) is 6.85. The van der Waals surface area contributed by atoms with Crippen LogP contribution in [-0.2, 0) is 16.2 Å². The first-order valence-electron chi connectivity index (χ1n) is 11.7. The third kappa shape index (κ3) is 7.06. The summed E-state index contributed by atoms with van der Waals surface area (Å²) in [5.41, 5.74) is -0.846. The Balaban J connectivity index is 1.41. The molecule has 2 aliphatic rings. The molecule has 2 fully saturated rings. The van der Waals surface area contributed by atoms with E-state index in [2.05, 4.69) is 17.1 Å². The van der Waals surface area contributed by atoms with Crippen LogP contribution in [0.3, 0.4) is 0 Å². The Bertz CT molecular complexity index is 839. The van der Waals surface area contributed by atoms with Gasteiger partial charge in [0.25, 0.3) is 0 Å². The van der Waals surface area contributed by atoms with E-state index in [1.54, 1.807) is 0 Å². The first-order chi connectivity index (χ1) is 15.2. The van der Waals surface area contributed by atoms with Crippen molar-refractivity contribution < 1.29 is 21.6 Å². The maximum Gasteiger partial charge on any atom is 0.416 e. The van der Waals surface area contributed by atoms with Crippen LogP contribution < -0.4 is 0 Å². The summed E-state index contributed by atoms with van der Waals surface area (Å²) in [4.78, 5) is 2.41. The maximum atomic E-state index is 12.7. The quantitative estimate of drug-likeness (QED) is 0.465. The number of piperidine rings is 1. The van der Waals surface area contributed by atoms with E-state index >= 15 is 0 Å². The lowest BCUT2D eigenvalue weighted by atomic mass is 9.80. The van der Waals surface area contributed by atoms with Crippen molar-refractivity contribution >= 4 is 10.0 Å². The predicted octanol–water partition coefficient (Wildman–Crippen LogP) is 5.56. The number of allylic oxidation sites excluding steroid dienone is 1. The lowest BCUT2D eigenvalue weighted by molar-refractivity contribution is -0.137. The van der Waals surface area contributed by atoms with Crippen LogP contribution in [0.25, 0.3) is 0 Å². The van der Waals surface area contributed by atoms with E-state index in [-0.39, 0.29) is 4.90 Å². The highest BCUT2D eigenvalue weighted by Gasteiger charge is 2.31. The number of nitrogens with zero attached hydrogens (tertiary/aromatic N) is 2. The van der Waals surface area contributed by atoms with Crippen LogP contribution in [0.2, 0.25) is 0 Å². The fourth-order valence-electron chi connectivity index (χ4n) is 4.69. The summed E-state index contributed by atoms with van der Waals surface area (Å²) >= 11 is 0. The van der Waals surface area contributed by atoms with Crippen molar-refractivity contribution in [2.75, 3.05) is 33.2 Å². The molecular formula is C24H35F3N2O2S. The van der Waals surface area contributed by atoms with Crippen molar-refractivity contribution in [2.45, 2.75) is 62.4 Å². The molecule has 1 saturated heterocycles. The molecule has 4 nitrogen and oxygen atoms in total. The Labute approximate surface area is 190 Å². The van der Waals surface area contributed by atoms with Crippen molar-refractivity contribution in [2.24, 2.45) is 11.8 Å². The molecule has 1 saturated carbocycles. The highest BCUT2D eigenvalue weighted by molar-refractivity contribution is 7.89. The van der Waals surface area contributed by atoms with Crippen LogP contribution in [0, 0.1) is 11.8 Å². The Morgan fingerprint density at radius 2 is 1.66 bits per heavy atom. The summed E-state index contributed by atoms with van der Waals surface area (Å²) in [7, 11) is -2.28. The minimum Gasteiger partial charge on any atom is -0.300 e. The van der Waals surface area contributed by atoms with Gasteiger partial charge < -0.3 is 0 Å². The first kappa shape index (κ1) is 25.2. The van der Waals surface area contributed by atoms with E-state index in [0.29, 0.717) is 18.4 Å². The van der Waals surface area contributed by atoms with E-state index in [1.165, 1.54) is 43.7 Å². The number of likely N-dealkylation sites (tertiary alicyclic amines) is 1. The Morgan fingerprint density at radius 3 is 2.25 bits per heavy atom. The van der Waals surface area contributed by atoms with E-state index in [1.807, 2.05) is 0 Å². The van der Waals surface area contributed by atoms with Gasteiger partial charge in [-0.15, -0.1) is 0 Å². The summed E-state index contributed by atoms with van der Waals surface area (Å²) < 4.78 is 64.8. The Hall–Kier alpha value is -1.38. The zero-order valence-electron chi connectivity index (χ0n) is 18.9. The maximum absolute atomic E-state index is 12.7. The topological polar surface area (TPSA) is 40.6 Å². The zero-order valence-corrected chi connectivity index (χ0v) is 19.7. The van der Waals surface area contributed by atoms with Crippen LogP contribution >= 0.6 is 0 Å². The molecule has 1 heterocycles. The number of halogens is 3. The van der Waals surface area contributed by atoms with E-state index in [9.17, 15) is 21.6 Å². The summed E-state index contributed by atoms with van der Waals surface area (Å²) in [5.74, 6) is 1.11. The highest BCUT2D eigenvalue weighted by atomic mass is 32.2. The molecule has 1 aromatic carbocycles. The number of hydrogen-bond donors (Lipinski definition) is 0. The van der Waals surface area contributed by atoms with Crippen molar-refractivity contribution in [1.82, 2.24) is 9.21 Å². The number of benzene rings is 1. The highest BCUT2D eigenvalue weighted by Crippen LogP contribution is 2.33. The molecule has 0 bridgehead atoms. The van der Waals surface area contributed by atoms with Gasteiger partial charge >= 0.3 is 6.18 Å². The van der Waals surface area contributed by atoms with Crippen molar-refractivity contribution in [3.05, 3.63) is 42.0 Å². The van der Waals surface area contributed by atoms with Gasteiger partial charge in [-0.1, -0.05) is 18.6 Å². The van der Waals surface area contributed by atoms with Crippen LogP contribution in [0.1, 0.15) is 56.9 Å². The number of sulfonamides is 1. The normalized spacial score (nSPS) is 23.8. The van der Waals surface area contributed by atoms with Gasteiger partial charge in [0.05, 0.1) is 10.5 Å². The second-order valence-corrected chi connectivity index (χ2v) is 11.3. The number of alkyl halides is 3. The molecular weight excluding hydrogens is 437 g/mol. The first-order valence-corrected chi connectivity index (χ1v) is 13.1. The molecule has 0 aromatic heterocycles. The van der Waals surface area contributed by atoms with Crippen molar-refractivity contribution in [3.63, 3.8) is 0 Å². The monoisotopic (exact) mass is 472 g/mol. The number of hydrogen-bond acceptors (Lipinski definition) is 3. The molecule has 0 amide bonds. The summed E-state index contributed by atoms with van der Waals surface area (Å²) in [6.07, 6.45) is 9.41. The molecule has 1 aliphatic carbocycles. The molecule has 0 N–H and O–H groups in total. The fourth-order valence-corrected chi connectivity index (χ4v) is 5.88. The molecule has 8 heteroatoms. The third-order valence-corrected chi connectivity index (χ3v) is 8.73. The van der Waals surface area contributed by atoms with Gasteiger partial charge in [0, 0.05) is 20.1 Å². The van der Waals surface area contributed by atoms with Crippen LogP contribution in [0.5, 0.6) is 0 Å². The predicted molar refractivity (Wildman–Crippen MR) is 121 cm³/mol. The minimum atomic E-state index is -4.48. The molecule has 3 rings (SSSR count). The average molecular weight is 473 g/mol. The summed E-state index contributed by atoms with van der Waals surface area (Å²) in [6, 6.07) is 3.72. The van der Waals surface area contributed by atoms with Gasteiger partial charge in [-0.3, -0.25) is 4.90 Å². The molecule has 0 unspecified atom stereocenters. The van der Waals surface area contributed by atoms with Gasteiger partial charge in [0.2, 0.25) is 10.0 Å². The van der Waals surface area contributed by atoms with Gasteiger partial charge in [-0.2, -0.15) is 13.2 Å². The lowest BCUT2D eigenvalue weighted by Crippen LogP contribution is -2.30. The SMILES string of the molecule is CN(CCC1CCC(C=CCN2CCCCC2)CC1)S(=O)(=O)c1ccc(C(F)(F)F)cc1. The molecule has 32 heavy (non-hydrogen) atoms. The molecule has 1 aliphatic heterocycles. The van der Waals surface area contributed by atoms with E-state index in [4.69, 9.17) is 0 Å². The zero-order chi connectivity index (χ0) is 23.2. The van der Waals surface area contributed by atoms with Gasteiger partial charge in [0.15, 0.2) is 0 Å². The molecule has 0 radical (unpaired) electrons. The van der Waals surface area contributed by atoms with Gasteiger partial charge in [-0.05, 0) is 94.1 Å². The second kappa shape index (κ2) is 11.2. The lowest BCUT2D eigenvalue weighted by Gasteiger charge is -2.29. The van der Waals surface area contributed by atoms with Crippen LogP contribution in [-0.4, -0.2) is 50.8 Å². The molecule has 0 spiro atoms. The fraction of sp³-hybridized carbons (Fsp3) is 0.667. The smallest absolute Gasteiger partial charge is 0.300 e. The van der Waals surface area contributed by atoms with Gasteiger partial charge in [0.1, 0.15) is 0 Å². The average Bonchev–Trinajstić information content (AvgIpc) is 2.78. The van der Waals surface area contributed by atoms with E-state index in [0.717, 1.165) is 62.9 Å². The standard InChI is InChI=1S/C24H35F3N2O2S/c1-28(32(30,31)23-13-11-22(12-14-23)24(25,26)27)19-15-21-9-7-20(8-10-21)6-5-18-29-16-3-2-4-17-29/h5-6,11-14,20-21H,2-4,7-10,15-19H2,1H3. The Morgan fingerprint density at radius 1 is 1.03 bits per heavy atom. The van der Waals surface area contributed by atoms with Gasteiger partial charge in [-0.25, -0.2) is 12.7 Å². The van der Waals surface area contributed by atoms with Crippen molar-refractivity contribution in [1.29, 1.82) is 0 Å². The minimum absolute atomic E-state index is 0.101. The molecule has 0 atom stereocenters. The molecule has 1 aromatic rings. The van der Waals surface area contributed by atoms with E-state index < -0.39 is 21.8 Å². The molecule has 180 valence electrons. The largest absolute Gasteiger partial charge is 0.416 e. The van der Waals surface area contributed by atoms with Crippen molar-refractivity contribution in [3.8, 4) is 0 Å². The van der Waals surface area contributed by atoms with Crippen LogP contribution in [0.4, 0.5) is 13.2 Å². The second-order valence-electron chi connectivity index (χ2n) is 9.21. The van der Waals surface area contributed by atoms with Crippen LogP contribution in [0.15, 0.2) is 41.3 Å². The number of rotatable bonds is 8.